The van der Waals surface area contributed by atoms with E-state index in [1.807, 2.05) is 5.43 Å². The molecule has 2 atom stereocenters. The van der Waals surface area contributed by atoms with Gasteiger partial charge in [0.15, 0.2) is 0 Å². The molecule has 0 aliphatic carbocycles. The van der Waals surface area contributed by atoms with Crippen molar-refractivity contribution in [3.8, 4) is 0 Å². The fourth-order valence-electron chi connectivity index (χ4n) is 3.68. The molecule has 0 bridgehead atoms. The third-order valence-corrected chi connectivity index (χ3v) is 5.86. The van der Waals surface area contributed by atoms with Crippen molar-refractivity contribution in [2.45, 2.75) is 24.3 Å². The molecule has 0 unspecified atom stereocenters. The number of anilines is 1. The van der Waals surface area contributed by atoms with Crippen LogP contribution in [0, 0.1) is 10.1 Å². The van der Waals surface area contributed by atoms with Crippen LogP contribution < -0.4 is 16.6 Å². The Kier molecular flexibility index (Phi) is 9.40. The van der Waals surface area contributed by atoms with E-state index >= 15 is 0 Å². The predicted octanol–water partition coefficient (Wildman–Crippen LogP) is 2.19. The lowest BCUT2D eigenvalue weighted by Gasteiger charge is -2.23. The number of nitrogens with two attached hydrogens (primary N) is 1. The predicted molar refractivity (Wildman–Crippen MR) is 138 cm³/mol. The molecule has 0 spiro atoms. The van der Waals surface area contributed by atoms with Gasteiger partial charge in [0.2, 0.25) is 5.91 Å². The first-order valence-electron chi connectivity index (χ1n) is 11.2. The van der Waals surface area contributed by atoms with E-state index in [2.05, 4.69) is 24.5 Å². The van der Waals surface area contributed by atoms with E-state index < -0.39 is 34.8 Å². The number of carbonyl (C=O) groups excluding carboxylic acids is 4. The standard InChI is InChI=1S/C24H25N5O8S/c1-2-7-36-23(32)16-8-15(21(30)27-25)9-17(10-16)26-22(31)20-11-19(38)12-28(20)24(33)37-13-14-3-5-18(6-4-14)29(34)35/h2-6,8-10,19-20,38H,1,7,11-13,25H2,(H,26,31)(H,27,30)/t19-,20-/m0/s1. The number of esters is 1. The maximum atomic E-state index is 13.1. The molecule has 14 heteroatoms. The van der Waals surface area contributed by atoms with Gasteiger partial charge in [-0.1, -0.05) is 12.7 Å². The summed E-state index contributed by atoms with van der Waals surface area (Å²) in [6.45, 7) is 3.38. The first kappa shape index (κ1) is 28.1. The minimum atomic E-state index is -0.954. The Morgan fingerprint density at radius 3 is 2.47 bits per heavy atom. The minimum Gasteiger partial charge on any atom is -0.458 e. The Bertz CT molecular complexity index is 1250. The lowest BCUT2D eigenvalue weighted by Crippen LogP contribution is -2.43. The highest BCUT2D eigenvalue weighted by Crippen LogP contribution is 2.25. The number of nitro benzene ring substituents is 1. The van der Waals surface area contributed by atoms with E-state index in [4.69, 9.17) is 15.3 Å². The van der Waals surface area contributed by atoms with Gasteiger partial charge in [-0.2, -0.15) is 12.6 Å². The maximum absolute atomic E-state index is 13.1. The van der Waals surface area contributed by atoms with Gasteiger partial charge >= 0.3 is 12.1 Å². The molecule has 3 rings (SSSR count). The number of nitrogens with zero attached hydrogens (tertiary/aromatic N) is 2. The van der Waals surface area contributed by atoms with Gasteiger partial charge in [-0.15, -0.1) is 0 Å². The summed E-state index contributed by atoms with van der Waals surface area (Å²) in [5, 5.41) is 13.1. The van der Waals surface area contributed by atoms with Crippen molar-refractivity contribution in [3.63, 3.8) is 0 Å². The molecule has 4 N–H and O–H groups in total. The molecule has 0 aromatic heterocycles. The second kappa shape index (κ2) is 12.7. The summed E-state index contributed by atoms with van der Waals surface area (Å²) in [6, 6.07) is 8.44. The van der Waals surface area contributed by atoms with Crippen LogP contribution in [-0.2, 0) is 20.9 Å². The number of ether oxygens (including phenoxy) is 2. The largest absolute Gasteiger partial charge is 0.458 e. The van der Waals surface area contributed by atoms with Gasteiger partial charge in [0, 0.05) is 35.2 Å². The number of nitrogens with one attached hydrogen (secondary N) is 2. The second-order valence-corrected chi connectivity index (χ2v) is 8.92. The van der Waals surface area contributed by atoms with Crippen LogP contribution in [0.5, 0.6) is 0 Å². The van der Waals surface area contributed by atoms with Crippen LogP contribution in [0.15, 0.2) is 55.1 Å². The van der Waals surface area contributed by atoms with Crippen LogP contribution in [0.25, 0.3) is 0 Å². The highest BCUT2D eigenvalue weighted by atomic mass is 32.1. The summed E-state index contributed by atoms with van der Waals surface area (Å²) in [5.41, 5.74) is 2.47. The normalized spacial score (nSPS) is 16.3. The summed E-state index contributed by atoms with van der Waals surface area (Å²) >= 11 is 4.40. The van der Waals surface area contributed by atoms with Crippen molar-refractivity contribution < 1.29 is 33.6 Å². The Morgan fingerprint density at radius 1 is 1.16 bits per heavy atom. The number of hydrogen-bond acceptors (Lipinski definition) is 10. The molecule has 200 valence electrons. The third-order valence-electron chi connectivity index (χ3n) is 5.49. The fourth-order valence-corrected chi connectivity index (χ4v) is 4.06. The number of non-ortho nitro benzene ring substituents is 1. The van der Waals surface area contributed by atoms with Crippen molar-refractivity contribution in [3.05, 3.63) is 81.9 Å². The van der Waals surface area contributed by atoms with Gasteiger partial charge in [0.25, 0.3) is 11.6 Å². The molecular weight excluding hydrogens is 518 g/mol. The molecule has 1 aliphatic heterocycles. The van der Waals surface area contributed by atoms with E-state index in [9.17, 15) is 29.3 Å². The van der Waals surface area contributed by atoms with Crippen molar-refractivity contribution >= 4 is 47.9 Å². The number of nitro groups is 1. The number of nitrogen functional groups attached to an aromatic ring is 1. The van der Waals surface area contributed by atoms with Crippen molar-refractivity contribution in [2.75, 3.05) is 18.5 Å². The van der Waals surface area contributed by atoms with Gasteiger partial charge < -0.3 is 14.8 Å². The number of likely N-dealkylation sites (tertiary alicyclic amines) is 1. The van der Waals surface area contributed by atoms with Crippen LogP contribution in [0.4, 0.5) is 16.2 Å². The van der Waals surface area contributed by atoms with Crippen LogP contribution >= 0.6 is 12.6 Å². The Hall–Kier alpha value is -4.43. The second-order valence-electron chi connectivity index (χ2n) is 8.18. The topological polar surface area (TPSA) is 183 Å². The Morgan fingerprint density at radius 2 is 1.84 bits per heavy atom. The number of rotatable bonds is 9. The average molecular weight is 544 g/mol. The minimum absolute atomic E-state index is 0.00582. The smallest absolute Gasteiger partial charge is 0.410 e. The molecule has 1 aliphatic rings. The van der Waals surface area contributed by atoms with E-state index in [1.54, 1.807) is 0 Å². The van der Waals surface area contributed by atoms with Crippen LogP contribution in [0.1, 0.15) is 32.7 Å². The van der Waals surface area contributed by atoms with E-state index in [0.29, 0.717) is 5.56 Å². The van der Waals surface area contributed by atoms with Gasteiger partial charge in [-0.05, 0) is 42.3 Å². The zero-order valence-corrected chi connectivity index (χ0v) is 20.9. The Balaban J connectivity index is 1.73. The molecule has 3 amide bonds. The first-order chi connectivity index (χ1) is 18.1. The van der Waals surface area contributed by atoms with Gasteiger partial charge in [-0.3, -0.25) is 30.0 Å². The molecule has 0 saturated carbocycles. The number of benzene rings is 2. The molecule has 2 aromatic carbocycles. The molecule has 1 heterocycles. The molecule has 1 fully saturated rings. The lowest BCUT2D eigenvalue weighted by molar-refractivity contribution is -0.384. The fraction of sp³-hybridized carbons (Fsp3) is 0.250. The summed E-state index contributed by atoms with van der Waals surface area (Å²) in [4.78, 5) is 61.8. The summed E-state index contributed by atoms with van der Waals surface area (Å²) in [5.74, 6) is 3.16. The molecule has 0 radical (unpaired) electrons. The van der Waals surface area contributed by atoms with Crippen LogP contribution in [-0.4, -0.2) is 58.1 Å². The number of amides is 3. The average Bonchev–Trinajstić information content (AvgIpc) is 3.31. The summed E-state index contributed by atoms with van der Waals surface area (Å²) in [6.07, 6.45) is 0.823. The number of hydrogen-bond donors (Lipinski definition) is 4. The molecule has 13 nitrogen and oxygen atoms in total. The summed E-state index contributed by atoms with van der Waals surface area (Å²) in [7, 11) is 0. The number of carbonyl (C=O) groups is 4. The van der Waals surface area contributed by atoms with Crippen LogP contribution in [0.3, 0.4) is 0 Å². The third kappa shape index (κ3) is 7.08. The molecular formula is C24H25N5O8S. The SMILES string of the molecule is C=CCOC(=O)c1cc(NC(=O)[C@@H]2C[C@H](S)CN2C(=O)OCc2ccc([N+](=O)[O-])cc2)cc(C(=O)NN)c1. The number of thiol groups is 1. The number of hydrazine groups is 1. The zero-order valence-electron chi connectivity index (χ0n) is 20.0. The molecule has 2 aromatic rings. The lowest BCUT2D eigenvalue weighted by atomic mass is 10.1. The van der Waals surface area contributed by atoms with Gasteiger partial charge in [0.1, 0.15) is 19.3 Å². The highest BCUT2D eigenvalue weighted by molar-refractivity contribution is 7.81. The Labute approximate surface area is 222 Å². The van der Waals surface area contributed by atoms with Crippen molar-refractivity contribution in [1.82, 2.24) is 10.3 Å². The maximum Gasteiger partial charge on any atom is 0.410 e. The van der Waals surface area contributed by atoms with E-state index in [-0.39, 0.29) is 53.9 Å². The molecule has 38 heavy (non-hydrogen) atoms. The van der Waals surface area contributed by atoms with Gasteiger partial charge in [0.05, 0.1) is 10.5 Å². The highest BCUT2D eigenvalue weighted by Gasteiger charge is 2.39. The van der Waals surface area contributed by atoms with Crippen LogP contribution in [0.2, 0.25) is 0 Å². The first-order valence-corrected chi connectivity index (χ1v) is 11.7. The van der Waals surface area contributed by atoms with Crippen molar-refractivity contribution in [2.24, 2.45) is 5.84 Å². The quantitative estimate of drug-likeness (QED) is 0.0700. The molecule has 1 saturated heterocycles. The van der Waals surface area contributed by atoms with E-state index in [0.717, 1.165) is 0 Å². The monoisotopic (exact) mass is 543 g/mol. The van der Waals surface area contributed by atoms with E-state index in [1.165, 1.54) is 53.4 Å². The zero-order chi connectivity index (χ0) is 27.8. The summed E-state index contributed by atoms with van der Waals surface area (Å²) < 4.78 is 10.3. The van der Waals surface area contributed by atoms with Gasteiger partial charge in [-0.25, -0.2) is 15.4 Å². The van der Waals surface area contributed by atoms with Crippen molar-refractivity contribution in [1.29, 1.82) is 0 Å².